The summed E-state index contributed by atoms with van der Waals surface area (Å²) in [6, 6.07) is 13.0. The Morgan fingerprint density at radius 3 is 2.59 bits per heavy atom. The Labute approximate surface area is 199 Å². The first-order chi connectivity index (χ1) is 16.2. The number of aromatic nitrogens is 4. The van der Waals surface area contributed by atoms with E-state index in [9.17, 15) is 4.21 Å². The van der Waals surface area contributed by atoms with Crippen molar-refractivity contribution in [3.05, 3.63) is 66.0 Å². The molecule has 2 aromatic carbocycles. The van der Waals surface area contributed by atoms with Gasteiger partial charge in [0.2, 0.25) is 5.95 Å². The van der Waals surface area contributed by atoms with Gasteiger partial charge in [0.05, 0.1) is 27.0 Å². The molecular weight excluding hydrogens is 446 g/mol. The van der Waals surface area contributed by atoms with Crippen LogP contribution in [0.15, 0.2) is 59.8 Å². The SMILES string of the molecule is CC[C@@H](C)Nc1nc(Nc2ccc(S(C)(=N)=O)cc2)ncc1C#Cc1cccc2nn(C)cc12. The number of aryl methyl sites for hydroxylation is 1. The lowest BCUT2D eigenvalue weighted by Crippen LogP contribution is -2.16. The van der Waals surface area contributed by atoms with Crippen molar-refractivity contribution in [1.82, 2.24) is 19.7 Å². The van der Waals surface area contributed by atoms with Crippen molar-refractivity contribution < 1.29 is 4.21 Å². The van der Waals surface area contributed by atoms with E-state index in [0.717, 1.165) is 28.6 Å². The van der Waals surface area contributed by atoms with E-state index in [1.165, 1.54) is 6.26 Å². The number of hydrogen-bond acceptors (Lipinski definition) is 7. The molecule has 3 N–H and O–H groups in total. The zero-order valence-electron chi connectivity index (χ0n) is 19.6. The Bertz CT molecular complexity index is 1500. The number of anilines is 3. The molecular formula is C25H27N7OS. The Balaban J connectivity index is 1.65. The van der Waals surface area contributed by atoms with E-state index in [-0.39, 0.29) is 6.04 Å². The lowest BCUT2D eigenvalue weighted by atomic mass is 10.1. The largest absolute Gasteiger partial charge is 0.366 e. The first kappa shape index (κ1) is 23.3. The van der Waals surface area contributed by atoms with Gasteiger partial charge in [-0.05, 0) is 49.7 Å². The van der Waals surface area contributed by atoms with Crippen LogP contribution in [-0.4, -0.2) is 36.3 Å². The molecule has 0 aliphatic heterocycles. The van der Waals surface area contributed by atoms with Crippen LogP contribution in [0, 0.1) is 16.6 Å². The number of rotatable bonds is 6. The fraction of sp³-hybridized carbons (Fsp3) is 0.240. The van der Waals surface area contributed by atoms with E-state index in [0.29, 0.717) is 22.2 Å². The summed E-state index contributed by atoms with van der Waals surface area (Å²) in [5.74, 6) is 7.54. The number of fused-ring (bicyclic) bond motifs is 1. The van der Waals surface area contributed by atoms with Crippen molar-refractivity contribution in [1.29, 1.82) is 4.78 Å². The number of nitrogens with one attached hydrogen (secondary N) is 3. The van der Waals surface area contributed by atoms with Gasteiger partial charge in [-0.2, -0.15) is 10.1 Å². The van der Waals surface area contributed by atoms with E-state index in [1.807, 2.05) is 31.4 Å². The highest BCUT2D eigenvalue weighted by Gasteiger charge is 2.10. The second-order valence-electron chi connectivity index (χ2n) is 8.19. The smallest absolute Gasteiger partial charge is 0.229 e. The number of hydrogen-bond donors (Lipinski definition) is 3. The first-order valence-electron chi connectivity index (χ1n) is 10.9. The van der Waals surface area contributed by atoms with Crippen molar-refractivity contribution in [3.63, 3.8) is 0 Å². The third kappa shape index (κ3) is 5.35. The molecule has 4 rings (SSSR count). The van der Waals surface area contributed by atoms with Gasteiger partial charge in [0.15, 0.2) is 0 Å². The van der Waals surface area contributed by atoms with Gasteiger partial charge >= 0.3 is 0 Å². The average molecular weight is 474 g/mol. The Kier molecular flexibility index (Phi) is 6.52. The van der Waals surface area contributed by atoms with Crippen LogP contribution in [0.1, 0.15) is 31.4 Å². The van der Waals surface area contributed by atoms with Gasteiger partial charge in [0.25, 0.3) is 0 Å². The fourth-order valence-corrected chi connectivity index (χ4v) is 3.97. The Hall–Kier alpha value is -3.90. The van der Waals surface area contributed by atoms with Gasteiger partial charge in [-0.1, -0.05) is 24.8 Å². The maximum atomic E-state index is 11.9. The predicted octanol–water partition coefficient (Wildman–Crippen LogP) is 4.75. The monoisotopic (exact) mass is 473 g/mol. The quantitative estimate of drug-likeness (QED) is 0.349. The van der Waals surface area contributed by atoms with Crippen molar-refractivity contribution in [2.45, 2.75) is 31.2 Å². The van der Waals surface area contributed by atoms with Crippen LogP contribution in [0.2, 0.25) is 0 Å². The molecule has 0 aliphatic carbocycles. The van der Waals surface area contributed by atoms with E-state index in [1.54, 1.807) is 35.1 Å². The lowest BCUT2D eigenvalue weighted by molar-refractivity contribution is 0.679. The molecule has 9 heteroatoms. The summed E-state index contributed by atoms with van der Waals surface area (Å²) >= 11 is 0. The molecule has 0 fully saturated rings. The summed E-state index contributed by atoms with van der Waals surface area (Å²) in [7, 11) is -0.858. The van der Waals surface area contributed by atoms with Crippen LogP contribution in [0.4, 0.5) is 17.5 Å². The molecule has 8 nitrogen and oxygen atoms in total. The average Bonchev–Trinajstić information content (AvgIpc) is 3.19. The van der Waals surface area contributed by atoms with Crippen LogP contribution in [-0.2, 0) is 16.8 Å². The van der Waals surface area contributed by atoms with Crippen LogP contribution >= 0.6 is 0 Å². The van der Waals surface area contributed by atoms with E-state index < -0.39 is 9.73 Å². The highest BCUT2D eigenvalue weighted by atomic mass is 32.2. The molecule has 2 aromatic heterocycles. The van der Waals surface area contributed by atoms with Crippen LogP contribution in [0.25, 0.3) is 10.9 Å². The second-order valence-corrected chi connectivity index (χ2v) is 10.4. The summed E-state index contributed by atoms with van der Waals surface area (Å²) in [4.78, 5) is 9.58. The fourth-order valence-electron chi connectivity index (χ4n) is 3.31. The first-order valence-corrected chi connectivity index (χ1v) is 12.9. The van der Waals surface area contributed by atoms with Gasteiger partial charge in [-0.25, -0.2) is 14.0 Å². The van der Waals surface area contributed by atoms with E-state index in [4.69, 9.17) is 4.78 Å². The minimum absolute atomic E-state index is 0.207. The topological polar surface area (TPSA) is 109 Å². The normalized spacial score (nSPS) is 13.5. The molecule has 0 radical (unpaired) electrons. The van der Waals surface area contributed by atoms with Gasteiger partial charge in [-0.3, -0.25) is 4.68 Å². The maximum absolute atomic E-state index is 11.9. The van der Waals surface area contributed by atoms with E-state index in [2.05, 4.69) is 51.4 Å². The highest BCUT2D eigenvalue weighted by Crippen LogP contribution is 2.21. The number of benzene rings is 2. The molecule has 0 aliphatic rings. The third-order valence-corrected chi connectivity index (χ3v) is 6.51. The van der Waals surface area contributed by atoms with Gasteiger partial charge in [-0.15, -0.1) is 0 Å². The third-order valence-electron chi connectivity index (χ3n) is 5.34. The van der Waals surface area contributed by atoms with Gasteiger partial charge in [0.1, 0.15) is 5.82 Å². The van der Waals surface area contributed by atoms with Crippen molar-refractivity contribution >= 4 is 38.1 Å². The molecule has 1 unspecified atom stereocenters. The zero-order chi connectivity index (χ0) is 24.3. The molecule has 34 heavy (non-hydrogen) atoms. The summed E-state index contributed by atoms with van der Waals surface area (Å²) in [5.41, 5.74) is 3.23. The molecule has 2 heterocycles. The van der Waals surface area contributed by atoms with Gasteiger partial charge in [0, 0.05) is 47.1 Å². The summed E-state index contributed by atoms with van der Waals surface area (Å²) < 4.78 is 21.4. The molecule has 0 amide bonds. The molecule has 0 spiro atoms. The molecule has 0 bridgehead atoms. The van der Waals surface area contributed by atoms with Gasteiger partial charge < -0.3 is 10.6 Å². The summed E-state index contributed by atoms with van der Waals surface area (Å²) in [6.45, 7) is 4.19. The Morgan fingerprint density at radius 1 is 1.15 bits per heavy atom. The van der Waals surface area contributed by atoms with Crippen LogP contribution in [0.5, 0.6) is 0 Å². The lowest BCUT2D eigenvalue weighted by Gasteiger charge is -2.15. The molecule has 0 saturated heterocycles. The standard InChI is InChI=1S/C25H27N7OS/c1-5-17(2)28-24-19(10-9-18-7-6-8-23-22(18)16-32(3)31-23)15-27-25(30-24)29-20-11-13-21(14-12-20)34(4,26)33/h6-8,11-17,26H,5H2,1-4H3,(H2,27,28,29,30)/t17-,34?/m1/s1. The summed E-state index contributed by atoms with van der Waals surface area (Å²) in [6.07, 6.45) is 6.00. The minimum atomic E-state index is -2.75. The number of nitrogens with zero attached hydrogens (tertiary/aromatic N) is 4. The Morgan fingerprint density at radius 2 is 1.88 bits per heavy atom. The summed E-state index contributed by atoms with van der Waals surface area (Å²) in [5, 5.41) is 12.0. The zero-order valence-corrected chi connectivity index (χ0v) is 20.4. The van der Waals surface area contributed by atoms with Crippen LogP contribution < -0.4 is 10.6 Å². The van der Waals surface area contributed by atoms with Crippen molar-refractivity contribution in [3.8, 4) is 11.8 Å². The molecule has 4 aromatic rings. The second kappa shape index (κ2) is 9.53. The minimum Gasteiger partial charge on any atom is -0.366 e. The molecule has 0 saturated carbocycles. The predicted molar refractivity (Wildman–Crippen MR) is 137 cm³/mol. The van der Waals surface area contributed by atoms with E-state index >= 15 is 0 Å². The molecule has 174 valence electrons. The maximum Gasteiger partial charge on any atom is 0.229 e. The van der Waals surface area contributed by atoms with Crippen LogP contribution in [0.3, 0.4) is 0 Å². The van der Waals surface area contributed by atoms with Crippen molar-refractivity contribution in [2.24, 2.45) is 7.05 Å². The van der Waals surface area contributed by atoms with Crippen molar-refractivity contribution in [2.75, 3.05) is 16.9 Å². The molecule has 2 atom stereocenters. The highest BCUT2D eigenvalue weighted by molar-refractivity contribution is 7.91.